The van der Waals surface area contributed by atoms with E-state index in [2.05, 4.69) is 31.2 Å². The molecular weight excluding hydrogens is 268 g/mol. The highest BCUT2D eigenvalue weighted by Crippen LogP contribution is 2.20. The molecule has 0 N–H and O–H groups in total. The number of hydrogen-bond acceptors (Lipinski definition) is 3. The fraction of sp³-hybridized carbons (Fsp3) is 0. The summed E-state index contributed by atoms with van der Waals surface area (Å²) in [7, 11) is 0. The minimum absolute atomic E-state index is 0.759. The molecule has 0 bridgehead atoms. The molecule has 78 valence electrons. The second kappa shape index (κ2) is 3.68. The standard InChI is InChI=1S/C11H7BrN4/c12-9-6-13-11-10(14-15-16(11)7-9)8-4-2-1-3-5-8/h1-7H. The number of halogens is 1. The molecule has 0 radical (unpaired) electrons. The fourth-order valence-corrected chi connectivity index (χ4v) is 1.85. The molecule has 0 atom stereocenters. The van der Waals surface area contributed by atoms with Gasteiger partial charge in [-0.05, 0) is 15.9 Å². The van der Waals surface area contributed by atoms with Crippen LogP contribution < -0.4 is 0 Å². The van der Waals surface area contributed by atoms with Gasteiger partial charge in [0.1, 0.15) is 5.69 Å². The number of rotatable bonds is 1. The zero-order chi connectivity index (χ0) is 11.0. The summed E-state index contributed by atoms with van der Waals surface area (Å²) in [6, 6.07) is 9.90. The van der Waals surface area contributed by atoms with Crippen LogP contribution in [-0.4, -0.2) is 19.8 Å². The van der Waals surface area contributed by atoms with Crippen molar-refractivity contribution in [2.24, 2.45) is 0 Å². The first-order chi connectivity index (χ1) is 7.84. The number of aromatic nitrogens is 4. The van der Waals surface area contributed by atoms with Crippen LogP contribution >= 0.6 is 15.9 Å². The van der Waals surface area contributed by atoms with Crippen LogP contribution in [-0.2, 0) is 0 Å². The van der Waals surface area contributed by atoms with Gasteiger partial charge in [0, 0.05) is 18.0 Å². The zero-order valence-electron chi connectivity index (χ0n) is 8.21. The van der Waals surface area contributed by atoms with Crippen LogP contribution in [0.4, 0.5) is 0 Å². The van der Waals surface area contributed by atoms with Crippen molar-refractivity contribution in [1.82, 2.24) is 19.8 Å². The van der Waals surface area contributed by atoms with Gasteiger partial charge in [0.2, 0.25) is 0 Å². The lowest BCUT2D eigenvalue weighted by Gasteiger charge is -1.96. The summed E-state index contributed by atoms with van der Waals surface area (Å²) >= 11 is 3.35. The van der Waals surface area contributed by atoms with E-state index < -0.39 is 0 Å². The van der Waals surface area contributed by atoms with Crippen molar-refractivity contribution in [3.8, 4) is 11.3 Å². The van der Waals surface area contributed by atoms with Crippen LogP contribution in [0.5, 0.6) is 0 Å². The van der Waals surface area contributed by atoms with Crippen molar-refractivity contribution in [1.29, 1.82) is 0 Å². The van der Waals surface area contributed by atoms with E-state index in [-0.39, 0.29) is 0 Å². The maximum Gasteiger partial charge on any atom is 0.183 e. The third kappa shape index (κ3) is 1.49. The number of benzene rings is 1. The van der Waals surface area contributed by atoms with Gasteiger partial charge in [-0.3, -0.25) is 0 Å². The molecule has 3 rings (SSSR count). The maximum absolute atomic E-state index is 4.31. The average Bonchev–Trinajstić information content (AvgIpc) is 2.73. The molecule has 16 heavy (non-hydrogen) atoms. The number of hydrogen-bond donors (Lipinski definition) is 0. The minimum atomic E-state index is 0.759. The Morgan fingerprint density at radius 3 is 2.75 bits per heavy atom. The predicted octanol–water partition coefficient (Wildman–Crippen LogP) is 2.55. The fourth-order valence-electron chi connectivity index (χ4n) is 1.55. The van der Waals surface area contributed by atoms with E-state index in [4.69, 9.17) is 0 Å². The largest absolute Gasteiger partial charge is 0.234 e. The summed E-state index contributed by atoms with van der Waals surface area (Å²) < 4.78 is 2.54. The van der Waals surface area contributed by atoms with Crippen LogP contribution in [0.25, 0.3) is 16.9 Å². The molecule has 0 unspecified atom stereocenters. The summed E-state index contributed by atoms with van der Waals surface area (Å²) in [6.07, 6.45) is 3.58. The smallest absolute Gasteiger partial charge is 0.183 e. The van der Waals surface area contributed by atoms with Gasteiger partial charge in [0.05, 0.1) is 4.47 Å². The van der Waals surface area contributed by atoms with Crippen LogP contribution in [0.2, 0.25) is 0 Å². The molecule has 0 spiro atoms. The predicted molar refractivity (Wildman–Crippen MR) is 63.9 cm³/mol. The minimum Gasteiger partial charge on any atom is -0.234 e. The van der Waals surface area contributed by atoms with Crippen LogP contribution in [0.15, 0.2) is 47.2 Å². The zero-order valence-corrected chi connectivity index (χ0v) is 9.79. The Hall–Kier alpha value is -1.75. The Morgan fingerprint density at radius 2 is 1.94 bits per heavy atom. The second-order valence-corrected chi connectivity index (χ2v) is 4.26. The summed E-state index contributed by atoms with van der Waals surface area (Å²) in [5.41, 5.74) is 2.58. The van der Waals surface area contributed by atoms with Gasteiger partial charge in [-0.15, -0.1) is 5.10 Å². The van der Waals surface area contributed by atoms with Gasteiger partial charge in [-0.1, -0.05) is 35.5 Å². The molecular formula is C11H7BrN4. The molecule has 2 heterocycles. The summed E-state index contributed by atoms with van der Waals surface area (Å²) in [5, 5.41) is 8.17. The second-order valence-electron chi connectivity index (χ2n) is 3.34. The quantitative estimate of drug-likeness (QED) is 0.685. The lowest BCUT2D eigenvalue weighted by atomic mass is 10.2. The molecule has 0 aliphatic rings. The van der Waals surface area contributed by atoms with Crippen molar-refractivity contribution in [3.05, 3.63) is 47.2 Å². The Bertz CT molecular complexity index is 633. The molecule has 0 saturated heterocycles. The SMILES string of the molecule is Brc1cnc2c(-c3ccccc3)nnn2c1. The Morgan fingerprint density at radius 1 is 1.12 bits per heavy atom. The van der Waals surface area contributed by atoms with Crippen LogP contribution in [0, 0.1) is 0 Å². The number of fused-ring (bicyclic) bond motifs is 1. The molecule has 2 aromatic heterocycles. The Balaban J connectivity index is 2.26. The van der Waals surface area contributed by atoms with E-state index in [1.807, 2.05) is 36.5 Å². The molecule has 1 aromatic carbocycles. The lowest BCUT2D eigenvalue weighted by molar-refractivity contribution is 0.844. The molecule has 0 fully saturated rings. The Kier molecular flexibility index (Phi) is 2.18. The average molecular weight is 275 g/mol. The van der Waals surface area contributed by atoms with Crippen molar-refractivity contribution < 1.29 is 0 Å². The van der Waals surface area contributed by atoms with Crippen molar-refractivity contribution >= 4 is 21.6 Å². The highest BCUT2D eigenvalue weighted by atomic mass is 79.9. The van der Waals surface area contributed by atoms with E-state index >= 15 is 0 Å². The summed E-state index contributed by atoms with van der Waals surface area (Å²) in [4.78, 5) is 4.31. The van der Waals surface area contributed by atoms with Gasteiger partial charge in [-0.2, -0.15) is 0 Å². The van der Waals surface area contributed by atoms with Crippen molar-refractivity contribution in [2.45, 2.75) is 0 Å². The van der Waals surface area contributed by atoms with Gasteiger partial charge < -0.3 is 0 Å². The van der Waals surface area contributed by atoms with E-state index in [0.717, 1.165) is 21.4 Å². The van der Waals surface area contributed by atoms with Gasteiger partial charge >= 0.3 is 0 Å². The summed E-state index contributed by atoms with van der Waals surface area (Å²) in [5.74, 6) is 0. The molecule has 3 aromatic rings. The number of nitrogens with zero attached hydrogens (tertiary/aromatic N) is 4. The van der Waals surface area contributed by atoms with Crippen LogP contribution in [0.3, 0.4) is 0 Å². The highest BCUT2D eigenvalue weighted by Gasteiger charge is 2.09. The van der Waals surface area contributed by atoms with E-state index in [1.165, 1.54) is 0 Å². The van der Waals surface area contributed by atoms with Crippen molar-refractivity contribution in [2.75, 3.05) is 0 Å². The molecule has 0 saturated carbocycles. The van der Waals surface area contributed by atoms with Gasteiger partial charge in [0.25, 0.3) is 0 Å². The maximum atomic E-state index is 4.31. The summed E-state index contributed by atoms with van der Waals surface area (Å²) in [6.45, 7) is 0. The van der Waals surface area contributed by atoms with Crippen molar-refractivity contribution in [3.63, 3.8) is 0 Å². The van der Waals surface area contributed by atoms with Gasteiger partial charge in [-0.25, -0.2) is 9.50 Å². The molecule has 4 nitrogen and oxygen atoms in total. The third-order valence-corrected chi connectivity index (χ3v) is 2.68. The van der Waals surface area contributed by atoms with Gasteiger partial charge in [0.15, 0.2) is 5.65 Å². The molecule has 5 heteroatoms. The first-order valence-corrected chi connectivity index (χ1v) is 5.56. The monoisotopic (exact) mass is 274 g/mol. The highest BCUT2D eigenvalue weighted by molar-refractivity contribution is 9.10. The van der Waals surface area contributed by atoms with E-state index in [9.17, 15) is 0 Å². The molecule has 0 aliphatic carbocycles. The topological polar surface area (TPSA) is 43.1 Å². The first-order valence-electron chi connectivity index (χ1n) is 4.76. The van der Waals surface area contributed by atoms with E-state index in [1.54, 1.807) is 10.7 Å². The first kappa shape index (κ1) is 9.47. The molecule has 0 aliphatic heterocycles. The Labute approximate surface area is 100 Å². The third-order valence-electron chi connectivity index (χ3n) is 2.27. The lowest BCUT2D eigenvalue weighted by Crippen LogP contribution is -1.89. The molecule has 0 amide bonds. The van der Waals surface area contributed by atoms with Crippen LogP contribution in [0.1, 0.15) is 0 Å². The normalized spacial score (nSPS) is 10.8. The van der Waals surface area contributed by atoms with E-state index in [0.29, 0.717) is 0 Å².